The topological polar surface area (TPSA) is 50.8 Å². The molecule has 5 nitrogen and oxygen atoms in total. The predicted octanol–water partition coefficient (Wildman–Crippen LogP) is 3.81. The molecule has 0 radical (unpaired) electrons. The molecule has 26 heavy (non-hydrogen) atoms. The maximum atomic E-state index is 12.4. The van der Waals surface area contributed by atoms with Gasteiger partial charge in [0, 0.05) is 38.7 Å². The van der Waals surface area contributed by atoms with Crippen molar-refractivity contribution < 1.29 is 14.3 Å². The van der Waals surface area contributed by atoms with Gasteiger partial charge >= 0.3 is 6.03 Å². The van der Waals surface area contributed by atoms with Crippen molar-refractivity contribution in [2.45, 2.75) is 25.8 Å². The number of ether oxygens (including phenoxy) is 2. The normalized spacial score (nSPS) is 16.6. The van der Waals surface area contributed by atoms with E-state index in [1.807, 2.05) is 37.4 Å². The van der Waals surface area contributed by atoms with Gasteiger partial charge in [0.05, 0.1) is 7.11 Å². The van der Waals surface area contributed by atoms with E-state index in [4.69, 9.17) is 9.47 Å². The fraction of sp³-hybridized carbons (Fsp3) is 0.476. The highest BCUT2D eigenvalue weighted by Crippen LogP contribution is 2.28. The Kier molecular flexibility index (Phi) is 6.34. The lowest BCUT2D eigenvalue weighted by Gasteiger charge is -2.20. The van der Waals surface area contributed by atoms with Crippen molar-refractivity contribution in [1.29, 1.82) is 0 Å². The van der Waals surface area contributed by atoms with E-state index in [0.717, 1.165) is 54.6 Å². The zero-order valence-corrected chi connectivity index (χ0v) is 15.7. The number of fused-ring (bicyclic) bond motifs is 1. The summed E-state index contributed by atoms with van der Waals surface area (Å²) in [6.45, 7) is 3.03. The van der Waals surface area contributed by atoms with Gasteiger partial charge in [-0.05, 0) is 42.2 Å². The summed E-state index contributed by atoms with van der Waals surface area (Å²) >= 11 is 0. The monoisotopic (exact) mass is 356 g/mol. The van der Waals surface area contributed by atoms with Gasteiger partial charge in [-0.25, -0.2) is 4.79 Å². The van der Waals surface area contributed by atoms with Crippen LogP contribution in [0.5, 0.6) is 5.75 Å². The molecular weight excluding hydrogens is 328 g/mol. The van der Waals surface area contributed by atoms with Crippen LogP contribution in [0, 0.1) is 5.92 Å². The molecule has 2 amide bonds. The number of hydrogen-bond donors (Lipinski definition) is 1. The second-order valence-electron chi connectivity index (χ2n) is 6.93. The summed E-state index contributed by atoms with van der Waals surface area (Å²) in [5.74, 6) is 1.52. The summed E-state index contributed by atoms with van der Waals surface area (Å²) < 4.78 is 10.8. The van der Waals surface area contributed by atoms with Crippen LogP contribution in [0.15, 0.2) is 36.4 Å². The second-order valence-corrected chi connectivity index (χ2v) is 6.93. The molecule has 5 heteroatoms. The van der Waals surface area contributed by atoms with Gasteiger partial charge in [0.1, 0.15) is 5.75 Å². The number of hydrogen-bond acceptors (Lipinski definition) is 3. The molecule has 1 aliphatic rings. The van der Waals surface area contributed by atoms with Crippen LogP contribution in [0.25, 0.3) is 10.8 Å². The Bertz CT molecular complexity index is 741. The van der Waals surface area contributed by atoms with E-state index < -0.39 is 0 Å². The smallest absolute Gasteiger partial charge is 0.317 e. The first-order valence-electron chi connectivity index (χ1n) is 9.30. The molecule has 1 aliphatic heterocycles. The van der Waals surface area contributed by atoms with E-state index in [1.165, 1.54) is 0 Å². The fourth-order valence-electron chi connectivity index (χ4n) is 3.51. The van der Waals surface area contributed by atoms with E-state index in [0.29, 0.717) is 19.0 Å². The molecule has 2 aromatic rings. The molecule has 3 rings (SSSR count). The lowest BCUT2D eigenvalue weighted by molar-refractivity contribution is 0.183. The first-order valence-corrected chi connectivity index (χ1v) is 9.30. The maximum absolute atomic E-state index is 12.4. The van der Waals surface area contributed by atoms with Gasteiger partial charge < -0.3 is 19.7 Å². The third kappa shape index (κ3) is 4.47. The molecule has 0 saturated carbocycles. The molecule has 140 valence electrons. The summed E-state index contributed by atoms with van der Waals surface area (Å²) in [7, 11) is 3.51. The van der Waals surface area contributed by atoms with Crippen molar-refractivity contribution in [1.82, 2.24) is 10.2 Å². The Morgan fingerprint density at radius 2 is 2.08 bits per heavy atom. The number of nitrogens with one attached hydrogen (secondary N) is 1. The van der Waals surface area contributed by atoms with Crippen LogP contribution in [0.4, 0.5) is 4.79 Å². The standard InChI is InChI=1S/C21H28N2O3/c1-23(21(24)22-12-5-6-16-11-13-26-15-16)14-17-9-10-20(25-2)19-8-4-3-7-18(17)19/h3-4,7-10,16H,5-6,11-15H2,1-2H3,(H,22,24). The number of amides is 2. The lowest BCUT2D eigenvalue weighted by atomic mass is 10.0. The fourth-order valence-corrected chi connectivity index (χ4v) is 3.51. The molecule has 1 N–H and O–H groups in total. The molecule has 0 aliphatic carbocycles. The summed E-state index contributed by atoms with van der Waals surface area (Å²) in [4.78, 5) is 14.1. The van der Waals surface area contributed by atoms with E-state index in [1.54, 1.807) is 12.0 Å². The van der Waals surface area contributed by atoms with Crippen molar-refractivity contribution in [2.75, 3.05) is 33.9 Å². The minimum atomic E-state index is -0.0347. The van der Waals surface area contributed by atoms with Gasteiger partial charge in [0.2, 0.25) is 0 Å². The molecule has 2 aromatic carbocycles. The molecule has 1 atom stereocenters. The van der Waals surface area contributed by atoms with Crippen LogP contribution in [0.3, 0.4) is 0 Å². The van der Waals surface area contributed by atoms with Crippen LogP contribution in [-0.4, -0.2) is 44.8 Å². The van der Waals surface area contributed by atoms with Crippen molar-refractivity contribution in [3.63, 3.8) is 0 Å². The molecule has 1 heterocycles. The van der Waals surface area contributed by atoms with Crippen molar-refractivity contribution in [2.24, 2.45) is 5.92 Å². The number of carbonyl (C=O) groups excluding carboxylic acids is 1. The summed E-state index contributed by atoms with van der Waals surface area (Å²) in [5.41, 5.74) is 1.11. The average Bonchev–Trinajstić information content (AvgIpc) is 3.18. The minimum absolute atomic E-state index is 0.0347. The first-order chi connectivity index (χ1) is 12.7. The number of rotatable bonds is 7. The molecular formula is C21H28N2O3. The Hall–Kier alpha value is -2.27. The number of urea groups is 1. The molecule has 0 aromatic heterocycles. The van der Waals surface area contributed by atoms with Gasteiger partial charge in [-0.15, -0.1) is 0 Å². The highest BCUT2D eigenvalue weighted by Gasteiger charge is 2.16. The second kappa shape index (κ2) is 8.90. The SMILES string of the molecule is COc1ccc(CN(C)C(=O)NCCCC2CCOC2)c2ccccc12. The number of benzene rings is 2. The minimum Gasteiger partial charge on any atom is -0.496 e. The first kappa shape index (κ1) is 18.5. The molecule has 0 spiro atoms. The Balaban J connectivity index is 1.54. The van der Waals surface area contributed by atoms with Crippen LogP contribution in [0.1, 0.15) is 24.8 Å². The van der Waals surface area contributed by atoms with Crippen molar-refractivity contribution >= 4 is 16.8 Å². The van der Waals surface area contributed by atoms with E-state index in [2.05, 4.69) is 11.4 Å². The Morgan fingerprint density at radius 3 is 2.81 bits per heavy atom. The summed E-state index contributed by atoms with van der Waals surface area (Å²) in [5, 5.41) is 5.21. The van der Waals surface area contributed by atoms with Crippen molar-refractivity contribution in [3.8, 4) is 5.75 Å². The molecule has 1 saturated heterocycles. The van der Waals surface area contributed by atoms with Gasteiger partial charge in [0.25, 0.3) is 0 Å². The number of carbonyl (C=O) groups is 1. The molecule has 1 fully saturated rings. The largest absolute Gasteiger partial charge is 0.496 e. The quantitative estimate of drug-likeness (QED) is 0.768. The zero-order valence-electron chi connectivity index (χ0n) is 15.7. The van der Waals surface area contributed by atoms with Crippen molar-refractivity contribution in [3.05, 3.63) is 42.0 Å². The Labute approximate surface area is 155 Å². The summed E-state index contributed by atoms with van der Waals surface area (Å²) in [6, 6.07) is 12.1. The predicted molar refractivity (Wildman–Crippen MR) is 104 cm³/mol. The van der Waals surface area contributed by atoms with Crippen LogP contribution in [-0.2, 0) is 11.3 Å². The van der Waals surface area contributed by atoms with Gasteiger partial charge in [0.15, 0.2) is 0 Å². The maximum Gasteiger partial charge on any atom is 0.317 e. The van der Waals surface area contributed by atoms with Crippen LogP contribution in [0.2, 0.25) is 0 Å². The number of methoxy groups -OCH3 is 1. The van der Waals surface area contributed by atoms with E-state index >= 15 is 0 Å². The van der Waals surface area contributed by atoms with Crippen LogP contribution < -0.4 is 10.1 Å². The van der Waals surface area contributed by atoms with Gasteiger partial charge in [-0.1, -0.05) is 30.3 Å². The van der Waals surface area contributed by atoms with Crippen LogP contribution >= 0.6 is 0 Å². The highest BCUT2D eigenvalue weighted by atomic mass is 16.5. The molecule has 1 unspecified atom stereocenters. The van der Waals surface area contributed by atoms with E-state index in [-0.39, 0.29) is 6.03 Å². The third-order valence-corrected chi connectivity index (χ3v) is 5.04. The third-order valence-electron chi connectivity index (χ3n) is 5.04. The van der Waals surface area contributed by atoms with E-state index in [9.17, 15) is 4.79 Å². The lowest BCUT2D eigenvalue weighted by Crippen LogP contribution is -2.37. The Morgan fingerprint density at radius 1 is 1.27 bits per heavy atom. The van der Waals surface area contributed by atoms with Gasteiger partial charge in [-0.2, -0.15) is 0 Å². The summed E-state index contributed by atoms with van der Waals surface area (Å²) in [6.07, 6.45) is 3.27. The number of nitrogens with zero attached hydrogens (tertiary/aromatic N) is 1. The molecule has 0 bridgehead atoms. The highest BCUT2D eigenvalue weighted by molar-refractivity contribution is 5.91. The zero-order chi connectivity index (χ0) is 18.4. The average molecular weight is 356 g/mol. The van der Waals surface area contributed by atoms with Gasteiger partial charge in [-0.3, -0.25) is 0 Å².